The molecule has 0 heterocycles. The summed E-state index contributed by atoms with van der Waals surface area (Å²) in [5.74, 6) is -3.04. The third-order valence-electron chi connectivity index (χ3n) is 0.589. The van der Waals surface area contributed by atoms with E-state index in [1.54, 1.807) is 0 Å². The number of carboxylic acid groups (broad SMARTS) is 3. The van der Waals surface area contributed by atoms with Crippen molar-refractivity contribution in [1.29, 1.82) is 0 Å². The fourth-order valence-electron chi connectivity index (χ4n) is 0.276. The maximum absolute atomic E-state index is 9.78. The molecule has 0 rings (SSSR count). The molecule has 0 bridgehead atoms. The highest BCUT2D eigenvalue weighted by Crippen LogP contribution is 1.76. The van der Waals surface area contributed by atoms with Crippen molar-refractivity contribution in [3.8, 4) is 0 Å². The first-order valence-corrected chi connectivity index (χ1v) is 3.36. The lowest BCUT2D eigenvalue weighted by Crippen LogP contribution is -1.86. The number of rotatable bonds is 3. The molecule has 14 heavy (non-hydrogen) atoms. The first-order chi connectivity index (χ1) is 6.36. The average molecular weight is 202 g/mol. The van der Waals surface area contributed by atoms with Gasteiger partial charge in [-0.3, -0.25) is 4.79 Å². The molecule has 0 aliphatic rings. The van der Waals surface area contributed by atoms with Gasteiger partial charge in [-0.05, 0) is 0 Å². The van der Waals surface area contributed by atoms with Crippen LogP contribution >= 0.6 is 0 Å². The zero-order valence-corrected chi connectivity index (χ0v) is 7.38. The van der Waals surface area contributed by atoms with Crippen LogP contribution in [0.1, 0.15) is 6.92 Å². The molecule has 0 aromatic heterocycles. The predicted octanol–water partition coefficient (Wildman–Crippen LogP) is 0.359. The molecule has 3 N–H and O–H groups in total. The van der Waals surface area contributed by atoms with Gasteiger partial charge in [0.2, 0.25) is 0 Å². The van der Waals surface area contributed by atoms with Crippen molar-refractivity contribution >= 4 is 17.9 Å². The van der Waals surface area contributed by atoms with Crippen molar-refractivity contribution in [2.45, 2.75) is 6.92 Å². The van der Waals surface area contributed by atoms with Gasteiger partial charge < -0.3 is 15.3 Å². The smallest absolute Gasteiger partial charge is 0.328 e. The molecule has 0 unspecified atom stereocenters. The van der Waals surface area contributed by atoms with Crippen molar-refractivity contribution < 1.29 is 29.7 Å². The van der Waals surface area contributed by atoms with Crippen LogP contribution in [0.25, 0.3) is 0 Å². The van der Waals surface area contributed by atoms with Crippen molar-refractivity contribution in [2.24, 2.45) is 0 Å². The van der Waals surface area contributed by atoms with Gasteiger partial charge in [0.15, 0.2) is 0 Å². The second-order valence-electron chi connectivity index (χ2n) is 1.91. The molecule has 0 amide bonds. The van der Waals surface area contributed by atoms with E-state index < -0.39 is 17.9 Å². The van der Waals surface area contributed by atoms with Crippen LogP contribution in [0.5, 0.6) is 0 Å². The van der Waals surface area contributed by atoms with Crippen LogP contribution in [0.15, 0.2) is 24.3 Å². The van der Waals surface area contributed by atoms with E-state index in [-0.39, 0.29) is 0 Å². The molecular formula is C8H10O6. The van der Waals surface area contributed by atoms with E-state index >= 15 is 0 Å². The Balaban J connectivity index is 0. The van der Waals surface area contributed by atoms with Crippen LogP contribution in [-0.2, 0) is 14.4 Å². The van der Waals surface area contributed by atoms with Crippen LogP contribution in [0.2, 0.25) is 0 Å². The average Bonchev–Trinajstić information content (AvgIpc) is 1.96. The van der Waals surface area contributed by atoms with Gasteiger partial charge in [0.25, 0.3) is 5.97 Å². The number of carboxylic acids is 3. The molecule has 78 valence electrons. The Kier molecular flexibility index (Phi) is 9.25. The summed E-state index contributed by atoms with van der Waals surface area (Å²) in [4.78, 5) is 28.6. The summed E-state index contributed by atoms with van der Waals surface area (Å²) in [7, 11) is 0. The van der Waals surface area contributed by atoms with E-state index in [0.29, 0.717) is 0 Å². The lowest BCUT2D eigenvalue weighted by molar-refractivity contribution is -0.134. The second-order valence-corrected chi connectivity index (χ2v) is 1.91. The maximum atomic E-state index is 9.78. The molecular weight excluding hydrogens is 192 g/mol. The topological polar surface area (TPSA) is 112 Å². The first-order valence-electron chi connectivity index (χ1n) is 3.36. The molecule has 0 spiro atoms. The predicted molar refractivity (Wildman–Crippen MR) is 46.9 cm³/mol. The molecule has 0 fully saturated rings. The molecule has 0 aromatic rings. The fourth-order valence-corrected chi connectivity index (χ4v) is 0.276. The molecule has 0 aromatic carbocycles. The van der Waals surface area contributed by atoms with Crippen LogP contribution in [-0.4, -0.2) is 33.2 Å². The Bertz CT molecular complexity index is 237. The fraction of sp³-hybridized carbons (Fsp3) is 0.125. The lowest BCUT2D eigenvalue weighted by Gasteiger charge is -1.75. The van der Waals surface area contributed by atoms with Gasteiger partial charge >= 0.3 is 11.9 Å². The number of carbonyl (C=O) groups is 3. The van der Waals surface area contributed by atoms with Crippen molar-refractivity contribution in [3.63, 3.8) is 0 Å². The molecule has 0 aliphatic carbocycles. The number of aliphatic carboxylic acids is 3. The maximum Gasteiger partial charge on any atom is 0.328 e. The van der Waals surface area contributed by atoms with E-state index in [1.807, 2.05) is 0 Å². The van der Waals surface area contributed by atoms with Gasteiger partial charge in [-0.2, -0.15) is 0 Å². The minimum atomic E-state index is -1.10. The van der Waals surface area contributed by atoms with Crippen LogP contribution in [0, 0.1) is 0 Å². The molecule has 6 nitrogen and oxygen atoms in total. The van der Waals surface area contributed by atoms with E-state index in [9.17, 15) is 9.59 Å². The van der Waals surface area contributed by atoms with Crippen molar-refractivity contribution in [1.82, 2.24) is 0 Å². The number of hydrogen-bond donors (Lipinski definition) is 3. The SMILES string of the molecule is CC(=O)O.O=C(O)/C=C/C=C/C(=O)O. The minimum absolute atomic E-state index is 0.833. The monoisotopic (exact) mass is 202 g/mol. The lowest BCUT2D eigenvalue weighted by atomic mass is 10.4. The summed E-state index contributed by atoms with van der Waals surface area (Å²) in [5, 5.41) is 23.4. The first kappa shape index (κ1) is 14.4. The summed E-state index contributed by atoms with van der Waals surface area (Å²) in [6.07, 6.45) is 3.96. The zero-order valence-electron chi connectivity index (χ0n) is 7.38. The Morgan fingerprint density at radius 3 is 1.21 bits per heavy atom. The highest BCUT2D eigenvalue weighted by molar-refractivity contribution is 5.82. The summed E-state index contributed by atoms with van der Waals surface area (Å²) >= 11 is 0. The number of allylic oxidation sites excluding steroid dienone is 2. The summed E-state index contributed by atoms with van der Waals surface area (Å²) in [5.41, 5.74) is 0. The summed E-state index contributed by atoms with van der Waals surface area (Å²) in [6, 6.07) is 0. The quantitative estimate of drug-likeness (QED) is 0.450. The van der Waals surface area contributed by atoms with Gasteiger partial charge in [-0.1, -0.05) is 12.2 Å². The Morgan fingerprint density at radius 1 is 0.857 bits per heavy atom. The van der Waals surface area contributed by atoms with Gasteiger partial charge in [-0.25, -0.2) is 9.59 Å². The van der Waals surface area contributed by atoms with Crippen LogP contribution < -0.4 is 0 Å². The van der Waals surface area contributed by atoms with E-state index in [2.05, 4.69) is 0 Å². The molecule has 0 radical (unpaired) electrons. The van der Waals surface area contributed by atoms with Crippen molar-refractivity contribution in [3.05, 3.63) is 24.3 Å². The van der Waals surface area contributed by atoms with E-state index in [4.69, 9.17) is 20.1 Å². The van der Waals surface area contributed by atoms with Crippen LogP contribution in [0.3, 0.4) is 0 Å². The number of hydrogen-bond acceptors (Lipinski definition) is 3. The minimum Gasteiger partial charge on any atom is -0.481 e. The van der Waals surface area contributed by atoms with E-state index in [0.717, 1.165) is 31.2 Å². The third-order valence-corrected chi connectivity index (χ3v) is 0.589. The van der Waals surface area contributed by atoms with E-state index in [1.165, 1.54) is 0 Å². The van der Waals surface area contributed by atoms with Gasteiger partial charge in [0.1, 0.15) is 0 Å². The Morgan fingerprint density at radius 2 is 1.07 bits per heavy atom. The van der Waals surface area contributed by atoms with Gasteiger partial charge in [0.05, 0.1) is 0 Å². The highest BCUT2D eigenvalue weighted by Gasteiger charge is 1.83. The largest absolute Gasteiger partial charge is 0.481 e. The van der Waals surface area contributed by atoms with Gasteiger partial charge in [0, 0.05) is 19.1 Å². The third kappa shape index (κ3) is 32.7. The molecule has 0 atom stereocenters. The Labute approximate surface area is 79.8 Å². The Hall–Kier alpha value is -2.11. The second kappa shape index (κ2) is 8.98. The highest BCUT2D eigenvalue weighted by atomic mass is 16.4. The summed E-state index contributed by atoms with van der Waals surface area (Å²) < 4.78 is 0. The van der Waals surface area contributed by atoms with Crippen LogP contribution in [0.4, 0.5) is 0 Å². The standard InChI is InChI=1S/C6H6O4.C2H4O2/c7-5(8)3-1-2-4-6(9)10;1-2(3)4/h1-4H,(H,7,8)(H,9,10);1H3,(H,3,4)/b3-1+,4-2+;. The van der Waals surface area contributed by atoms with Gasteiger partial charge in [-0.15, -0.1) is 0 Å². The summed E-state index contributed by atoms with van der Waals surface area (Å²) in [6.45, 7) is 1.08. The molecule has 0 saturated heterocycles. The molecule has 0 aliphatic heterocycles. The molecule has 6 heteroatoms. The normalized spacial score (nSPS) is 9.50. The molecule has 0 saturated carbocycles. The zero-order chi connectivity index (χ0) is 11.6. The van der Waals surface area contributed by atoms with Crippen molar-refractivity contribution in [2.75, 3.05) is 0 Å².